The van der Waals surface area contributed by atoms with Crippen LogP contribution in [0.5, 0.6) is 11.5 Å². The molecular weight excluding hydrogens is 528 g/mol. The van der Waals surface area contributed by atoms with Gasteiger partial charge >= 0.3 is 0 Å². The van der Waals surface area contributed by atoms with E-state index in [4.69, 9.17) is 9.47 Å². The van der Waals surface area contributed by atoms with Gasteiger partial charge in [0.05, 0.1) is 25.4 Å². The maximum Gasteiger partial charge on any atom is 0.255 e. The van der Waals surface area contributed by atoms with Gasteiger partial charge in [-0.15, -0.1) is 0 Å². The van der Waals surface area contributed by atoms with E-state index in [1.54, 1.807) is 55.8 Å². The number of carbonyl (C=O) groups excluding carboxylic acids is 1. The summed E-state index contributed by atoms with van der Waals surface area (Å²) in [5.74, 6) is 1.27. The van der Waals surface area contributed by atoms with Gasteiger partial charge in [0.1, 0.15) is 0 Å². The molecule has 0 amide bonds. The number of rotatable bonds is 8. The van der Waals surface area contributed by atoms with Crippen molar-refractivity contribution in [2.24, 2.45) is 0 Å². The number of aromatic nitrogens is 3. The number of carbonyl (C=O) groups is 1. The maximum absolute atomic E-state index is 12.9. The number of ketones is 1. The van der Waals surface area contributed by atoms with Gasteiger partial charge in [-0.2, -0.15) is 0 Å². The molecule has 2 heterocycles. The first kappa shape index (κ1) is 26.5. The van der Waals surface area contributed by atoms with E-state index in [0.29, 0.717) is 34.1 Å². The molecule has 0 aliphatic heterocycles. The third-order valence-electron chi connectivity index (χ3n) is 6.92. The van der Waals surface area contributed by atoms with Crippen molar-refractivity contribution in [2.75, 3.05) is 19.5 Å². The molecule has 42 heavy (non-hydrogen) atoms. The van der Waals surface area contributed by atoms with Gasteiger partial charge < -0.3 is 19.8 Å². The smallest absolute Gasteiger partial charge is 0.255 e. The molecule has 6 rings (SSSR count). The van der Waals surface area contributed by atoms with Crippen LogP contribution in [0.25, 0.3) is 39.0 Å². The summed E-state index contributed by atoms with van der Waals surface area (Å²) in [4.78, 5) is 37.3. The van der Waals surface area contributed by atoms with Crippen LogP contribution in [0, 0.1) is 0 Å². The summed E-state index contributed by atoms with van der Waals surface area (Å²) in [6.07, 6.45) is 4.61. The number of hydrogen-bond acceptors (Lipinski definition) is 7. The summed E-state index contributed by atoms with van der Waals surface area (Å²) in [6, 6.07) is 28.5. The van der Waals surface area contributed by atoms with Gasteiger partial charge in [0.2, 0.25) is 5.95 Å². The topological polar surface area (TPSA) is 106 Å². The van der Waals surface area contributed by atoms with Gasteiger partial charge in [0.25, 0.3) is 5.56 Å². The van der Waals surface area contributed by atoms with Crippen LogP contribution in [0.2, 0.25) is 0 Å². The van der Waals surface area contributed by atoms with E-state index in [1.165, 1.54) is 24.6 Å². The van der Waals surface area contributed by atoms with Crippen LogP contribution < -0.4 is 20.3 Å². The number of nitrogens with one attached hydrogen (secondary N) is 2. The summed E-state index contributed by atoms with van der Waals surface area (Å²) in [5.41, 5.74) is 3.66. The Labute approximate surface area is 241 Å². The predicted octanol–water partition coefficient (Wildman–Crippen LogP) is 6.80. The minimum absolute atomic E-state index is 0.233. The number of ether oxygens (including phenoxy) is 2. The quantitative estimate of drug-likeness (QED) is 0.158. The molecule has 4 aromatic carbocycles. The summed E-state index contributed by atoms with van der Waals surface area (Å²) in [7, 11) is 3.08. The van der Waals surface area contributed by atoms with Crippen molar-refractivity contribution < 1.29 is 14.3 Å². The lowest BCUT2D eigenvalue weighted by Crippen LogP contribution is -2.09. The minimum atomic E-state index is -0.316. The molecule has 6 aromatic rings. The van der Waals surface area contributed by atoms with Gasteiger partial charge in [-0.25, -0.2) is 9.97 Å². The molecule has 0 radical (unpaired) electrons. The van der Waals surface area contributed by atoms with Crippen LogP contribution in [-0.2, 0) is 0 Å². The summed E-state index contributed by atoms with van der Waals surface area (Å²) < 4.78 is 10.7. The van der Waals surface area contributed by atoms with E-state index < -0.39 is 0 Å². The predicted molar refractivity (Wildman–Crippen MR) is 166 cm³/mol. The molecule has 0 aliphatic carbocycles. The number of anilines is 2. The first-order valence-corrected chi connectivity index (χ1v) is 13.2. The summed E-state index contributed by atoms with van der Waals surface area (Å²) in [5, 5.41) is 6.27. The Balaban J connectivity index is 1.16. The van der Waals surface area contributed by atoms with E-state index in [2.05, 4.69) is 44.5 Å². The molecule has 0 atom stereocenters. The fourth-order valence-electron chi connectivity index (χ4n) is 4.71. The lowest BCUT2D eigenvalue weighted by atomic mass is 10.1. The Hall–Kier alpha value is -5.76. The van der Waals surface area contributed by atoms with Gasteiger partial charge in [0.15, 0.2) is 17.3 Å². The Kier molecular flexibility index (Phi) is 7.17. The van der Waals surface area contributed by atoms with E-state index in [9.17, 15) is 9.59 Å². The fraction of sp³-hybridized carbons (Fsp3) is 0.0588. The zero-order valence-corrected chi connectivity index (χ0v) is 22.9. The second-order valence-electron chi connectivity index (χ2n) is 9.58. The zero-order chi connectivity index (χ0) is 29.1. The third-order valence-corrected chi connectivity index (χ3v) is 6.92. The van der Waals surface area contributed by atoms with E-state index in [1.807, 2.05) is 24.3 Å². The Morgan fingerprint density at radius 2 is 1.60 bits per heavy atom. The number of pyridine rings is 1. The zero-order valence-electron chi connectivity index (χ0n) is 22.9. The van der Waals surface area contributed by atoms with Gasteiger partial charge in [-0.1, -0.05) is 36.4 Å². The summed E-state index contributed by atoms with van der Waals surface area (Å²) >= 11 is 0. The SMILES string of the molecule is COc1cc2cc(/C=C/C(=O)c3ccc(Nc4nccc(-c5ccc6ccccc6c5)n4)cc3)c(=O)[nH]c2cc1OC. The monoisotopic (exact) mass is 554 g/mol. The second-order valence-corrected chi connectivity index (χ2v) is 9.58. The van der Waals surface area contributed by atoms with Crippen LogP contribution in [0.1, 0.15) is 15.9 Å². The maximum atomic E-state index is 12.9. The Morgan fingerprint density at radius 3 is 2.38 bits per heavy atom. The highest BCUT2D eigenvalue weighted by molar-refractivity contribution is 6.07. The van der Waals surface area contributed by atoms with Crippen LogP contribution in [0.15, 0.2) is 108 Å². The minimum Gasteiger partial charge on any atom is -0.493 e. The second kappa shape index (κ2) is 11.4. The number of nitrogens with zero attached hydrogens (tertiary/aromatic N) is 2. The number of allylic oxidation sites excluding steroid dienone is 1. The van der Waals surface area contributed by atoms with Crippen molar-refractivity contribution in [1.82, 2.24) is 15.0 Å². The number of hydrogen-bond donors (Lipinski definition) is 2. The van der Waals surface area contributed by atoms with E-state index in [0.717, 1.165) is 27.7 Å². The Bertz CT molecular complexity index is 2030. The number of fused-ring (bicyclic) bond motifs is 2. The van der Waals surface area contributed by atoms with Crippen molar-refractivity contribution in [2.45, 2.75) is 0 Å². The standard InChI is InChI=1S/C34H26N4O4/c1-41-31-19-26-18-25(33(40)37-29(26)20-32(31)42-2)11-14-30(39)22-9-12-27(13-10-22)36-34-35-16-15-28(38-34)24-8-7-21-5-3-4-6-23(21)17-24/h3-20H,1-2H3,(H,37,40)(H,35,36,38)/b14-11+. The van der Waals surface area contributed by atoms with Crippen LogP contribution >= 0.6 is 0 Å². The number of methoxy groups -OCH3 is 2. The molecule has 8 heteroatoms. The largest absolute Gasteiger partial charge is 0.493 e. The van der Waals surface area contributed by atoms with Crippen LogP contribution in [0.3, 0.4) is 0 Å². The highest BCUT2D eigenvalue weighted by Crippen LogP contribution is 2.31. The Morgan fingerprint density at radius 1 is 0.833 bits per heavy atom. The van der Waals surface area contributed by atoms with Gasteiger partial charge in [0, 0.05) is 40.0 Å². The van der Waals surface area contributed by atoms with Gasteiger partial charge in [-0.3, -0.25) is 9.59 Å². The lowest BCUT2D eigenvalue weighted by Gasteiger charge is -2.09. The molecule has 0 aliphatic rings. The van der Waals surface area contributed by atoms with Crippen molar-refractivity contribution in [3.63, 3.8) is 0 Å². The van der Waals surface area contributed by atoms with Gasteiger partial charge in [-0.05, 0) is 71.5 Å². The highest BCUT2D eigenvalue weighted by Gasteiger charge is 2.10. The number of benzene rings is 4. The average molecular weight is 555 g/mol. The van der Waals surface area contributed by atoms with Crippen molar-refractivity contribution in [1.29, 1.82) is 0 Å². The van der Waals surface area contributed by atoms with Crippen molar-refractivity contribution >= 4 is 45.2 Å². The molecule has 0 saturated heterocycles. The number of aromatic amines is 1. The molecule has 0 unspecified atom stereocenters. The third kappa shape index (κ3) is 5.46. The molecule has 0 saturated carbocycles. The molecule has 0 spiro atoms. The van der Waals surface area contributed by atoms with Crippen molar-refractivity contribution in [3.05, 3.63) is 125 Å². The average Bonchev–Trinajstić information content (AvgIpc) is 3.03. The normalized spacial score (nSPS) is 11.2. The summed E-state index contributed by atoms with van der Waals surface area (Å²) in [6.45, 7) is 0. The molecular formula is C34H26N4O4. The fourth-order valence-corrected chi connectivity index (χ4v) is 4.71. The molecule has 8 nitrogen and oxygen atoms in total. The first-order valence-electron chi connectivity index (χ1n) is 13.2. The van der Waals surface area contributed by atoms with Crippen LogP contribution in [-0.4, -0.2) is 35.0 Å². The molecule has 206 valence electrons. The van der Waals surface area contributed by atoms with E-state index >= 15 is 0 Å². The lowest BCUT2D eigenvalue weighted by molar-refractivity contribution is 0.104. The first-order chi connectivity index (χ1) is 20.5. The molecule has 2 N–H and O–H groups in total. The number of H-pyrrole nitrogens is 1. The highest BCUT2D eigenvalue weighted by atomic mass is 16.5. The van der Waals surface area contributed by atoms with Crippen molar-refractivity contribution in [3.8, 4) is 22.8 Å². The van der Waals surface area contributed by atoms with Crippen LogP contribution in [0.4, 0.5) is 11.6 Å². The molecule has 0 bridgehead atoms. The van der Waals surface area contributed by atoms with E-state index in [-0.39, 0.29) is 11.3 Å². The molecule has 2 aromatic heterocycles. The molecule has 0 fully saturated rings.